The average molecular weight is 264 g/mol. The summed E-state index contributed by atoms with van der Waals surface area (Å²) in [4.78, 5) is 5.33. The lowest BCUT2D eigenvalue weighted by atomic mass is 10.0. The molecular formula is C12H12N2OS2. The fraction of sp³-hybridized carbons (Fsp3) is 0.250. The topological polar surface area (TPSA) is 34.9 Å². The Kier molecular flexibility index (Phi) is 2.94. The summed E-state index contributed by atoms with van der Waals surface area (Å²) in [5, 5.41) is 0. The van der Waals surface area contributed by atoms with Crippen molar-refractivity contribution >= 4 is 19.7 Å². The van der Waals surface area contributed by atoms with Crippen molar-refractivity contribution in [2.24, 2.45) is 0 Å². The minimum Gasteiger partial charge on any atom is -0.330 e. The molecule has 2 atom stereocenters. The molecule has 3 rings (SSSR count). The van der Waals surface area contributed by atoms with Crippen LogP contribution >= 0.6 is 0 Å². The highest BCUT2D eigenvalue weighted by atomic mass is 32.8. The average Bonchev–Trinajstić information content (AvgIpc) is 2.91. The van der Waals surface area contributed by atoms with Gasteiger partial charge in [-0.2, -0.15) is 0 Å². The molecule has 0 fully saturated rings. The summed E-state index contributed by atoms with van der Waals surface area (Å²) in [5.41, 5.74) is 1.28. The van der Waals surface area contributed by atoms with Gasteiger partial charge in [0.25, 0.3) is 0 Å². The van der Waals surface area contributed by atoms with E-state index in [1.54, 1.807) is 6.20 Å². The summed E-state index contributed by atoms with van der Waals surface area (Å²) in [6.45, 7) is 0. The maximum atomic E-state index is 11.2. The minimum atomic E-state index is -0.182. The van der Waals surface area contributed by atoms with E-state index in [1.807, 2.05) is 24.7 Å². The Labute approximate surface area is 105 Å². The maximum absolute atomic E-state index is 11.2. The first-order valence-corrected chi connectivity index (χ1v) is 8.13. The lowest BCUT2D eigenvalue weighted by Crippen LogP contribution is -2.20. The van der Waals surface area contributed by atoms with Crippen LogP contribution in [-0.2, 0) is 19.7 Å². The molecule has 3 nitrogen and oxygen atoms in total. The van der Waals surface area contributed by atoms with Crippen LogP contribution < -0.4 is 0 Å². The number of imidazole rings is 1. The van der Waals surface area contributed by atoms with Crippen molar-refractivity contribution in [2.75, 3.05) is 5.75 Å². The van der Waals surface area contributed by atoms with E-state index in [2.05, 4.69) is 21.7 Å². The Hall–Kier alpha value is -1.20. The summed E-state index contributed by atoms with van der Waals surface area (Å²) < 4.78 is 13.3. The molecule has 2 unspecified atom stereocenters. The first-order chi connectivity index (χ1) is 8.40. The fourth-order valence-corrected chi connectivity index (χ4v) is 4.95. The summed E-state index contributed by atoms with van der Waals surface area (Å²) in [6, 6.07) is 8.63. The van der Waals surface area contributed by atoms with E-state index in [-0.39, 0.29) is 9.45 Å². The van der Waals surface area contributed by atoms with Crippen molar-refractivity contribution in [1.82, 2.24) is 9.55 Å². The monoisotopic (exact) mass is 264 g/mol. The Morgan fingerprint density at radius 3 is 3.06 bits per heavy atom. The van der Waals surface area contributed by atoms with Gasteiger partial charge in [0.15, 0.2) is 0 Å². The molecular weight excluding hydrogens is 252 g/mol. The molecule has 0 N–H and O–H groups in total. The van der Waals surface area contributed by atoms with Crippen LogP contribution in [0.25, 0.3) is 0 Å². The van der Waals surface area contributed by atoms with Crippen molar-refractivity contribution in [3.8, 4) is 0 Å². The number of benzene rings is 1. The normalized spacial score (nSPS) is 23.1. The second kappa shape index (κ2) is 4.58. The number of nitrogens with zero attached hydrogens (tertiary/aromatic N) is 2. The van der Waals surface area contributed by atoms with Crippen LogP contribution in [0.1, 0.15) is 18.0 Å². The first kappa shape index (κ1) is 10.9. The van der Waals surface area contributed by atoms with Crippen molar-refractivity contribution in [3.05, 3.63) is 48.5 Å². The molecule has 0 spiro atoms. The molecule has 17 heavy (non-hydrogen) atoms. The molecule has 2 heterocycles. The summed E-state index contributed by atoms with van der Waals surface area (Å²) in [7, 11) is 0.559. The largest absolute Gasteiger partial charge is 0.330 e. The maximum Gasteiger partial charge on any atom is 0.125 e. The van der Waals surface area contributed by atoms with Crippen LogP contribution in [-0.4, -0.2) is 19.5 Å². The van der Waals surface area contributed by atoms with Crippen molar-refractivity contribution in [2.45, 2.75) is 17.4 Å². The molecule has 0 radical (unpaired) electrons. The number of fused-ring (bicyclic) bond motifs is 1. The molecule has 1 aliphatic rings. The van der Waals surface area contributed by atoms with Gasteiger partial charge in [-0.3, -0.25) is 0 Å². The van der Waals surface area contributed by atoms with Crippen LogP contribution in [0.4, 0.5) is 0 Å². The molecule has 1 aliphatic heterocycles. The zero-order valence-corrected chi connectivity index (χ0v) is 10.8. The van der Waals surface area contributed by atoms with E-state index in [1.165, 1.54) is 10.5 Å². The van der Waals surface area contributed by atoms with E-state index < -0.39 is 0 Å². The SMILES string of the molecule is O=S=S1CCC(n2ccnc2)c2ccccc21. The Balaban J connectivity index is 2.14. The van der Waals surface area contributed by atoms with E-state index in [9.17, 15) is 4.21 Å². The zero-order valence-electron chi connectivity index (χ0n) is 9.15. The third kappa shape index (κ3) is 1.89. The van der Waals surface area contributed by atoms with Gasteiger partial charge in [-0.25, -0.2) is 9.19 Å². The van der Waals surface area contributed by atoms with Crippen molar-refractivity contribution in [1.29, 1.82) is 0 Å². The molecule has 5 heteroatoms. The number of rotatable bonds is 1. The van der Waals surface area contributed by atoms with Gasteiger partial charge in [0, 0.05) is 23.0 Å². The van der Waals surface area contributed by atoms with E-state index >= 15 is 0 Å². The molecule has 0 aliphatic carbocycles. The Bertz CT molecular complexity index is 588. The Morgan fingerprint density at radius 2 is 2.29 bits per heavy atom. The van der Waals surface area contributed by atoms with E-state index in [0.29, 0.717) is 6.04 Å². The molecule has 0 saturated heterocycles. The van der Waals surface area contributed by atoms with Gasteiger partial charge >= 0.3 is 0 Å². The van der Waals surface area contributed by atoms with Gasteiger partial charge in [-0.05, 0) is 18.1 Å². The fourth-order valence-electron chi connectivity index (χ4n) is 2.28. The molecule has 1 aromatic carbocycles. The predicted octanol–water partition coefficient (Wildman–Crippen LogP) is 1.98. The number of aromatic nitrogens is 2. The summed E-state index contributed by atoms with van der Waals surface area (Å²) >= 11 is 0. The van der Waals surface area contributed by atoms with Gasteiger partial charge in [0.2, 0.25) is 0 Å². The van der Waals surface area contributed by atoms with Crippen LogP contribution in [0.2, 0.25) is 0 Å². The molecule has 0 saturated carbocycles. The third-order valence-electron chi connectivity index (χ3n) is 3.07. The quantitative estimate of drug-likeness (QED) is 0.789. The van der Waals surface area contributed by atoms with Crippen LogP contribution in [0.3, 0.4) is 0 Å². The summed E-state index contributed by atoms with van der Waals surface area (Å²) in [6.07, 6.45) is 6.68. The van der Waals surface area contributed by atoms with E-state index in [0.717, 1.165) is 22.4 Å². The molecule has 2 aromatic rings. The van der Waals surface area contributed by atoms with Crippen LogP contribution in [0.15, 0.2) is 47.9 Å². The minimum absolute atomic E-state index is 0.182. The first-order valence-electron chi connectivity index (χ1n) is 5.47. The van der Waals surface area contributed by atoms with Crippen molar-refractivity contribution in [3.63, 3.8) is 0 Å². The zero-order chi connectivity index (χ0) is 11.7. The predicted molar refractivity (Wildman–Crippen MR) is 70.1 cm³/mol. The smallest absolute Gasteiger partial charge is 0.125 e. The van der Waals surface area contributed by atoms with Crippen molar-refractivity contribution < 1.29 is 4.21 Å². The molecule has 0 bridgehead atoms. The second-order valence-electron chi connectivity index (χ2n) is 3.97. The van der Waals surface area contributed by atoms with E-state index in [4.69, 9.17) is 0 Å². The molecule has 1 aromatic heterocycles. The van der Waals surface area contributed by atoms with Crippen LogP contribution in [0.5, 0.6) is 0 Å². The highest BCUT2D eigenvalue weighted by molar-refractivity contribution is 8.31. The number of hydrogen-bond donors (Lipinski definition) is 0. The van der Waals surface area contributed by atoms with Gasteiger partial charge in [0.05, 0.1) is 12.4 Å². The Morgan fingerprint density at radius 1 is 1.41 bits per heavy atom. The lowest BCUT2D eigenvalue weighted by molar-refractivity contribution is 0.554. The van der Waals surface area contributed by atoms with Gasteiger partial charge in [-0.15, -0.1) is 0 Å². The highest BCUT2D eigenvalue weighted by Crippen LogP contribution is 2.32. The second-order valence-corrected chi connectivity index (χ2v) is 7.26. The van der Waals surface area contributed by atoms with Crippen LogP contribution in [0, 0.1) is 0 Å². The lowest BCUT2D eigenvalue weighted by Gasteiger charge is -2.27. The van der Waals surface area contributed by atoms with Gasteiger partial charge < -0.3 is 4.57 Å². The van der Waals surface area contributed by atoms with Gasteiger partial charge in [0.1, 0.15) is 10.2 Å². The standard InChI is InChI=1S/C12H12N2OS2/c15-16-17-8-5-11(14-7-6-13-9-14)10-3-1-2-4-12(10)17/h1-4,6-7,9,11H,5,8H2. The summed E-state index contributed by atoms with van der Waals surface area (Å²) in [5.74, 6) is 0.966. The molecule has 0 amide bonds. The molecule has 88 valence electrons. The highest BCUT2D eigenvalue weighted by Gasteiger charge is 2.23. The van der Waals surface area contributed by atoms with Gasteiger partial charge in [-0.1, -0.05) is 27.7 Å². The number of hydrogen-bond acceptors (Lipinski definition) is 2. The third-order valence-corrected chi connectivity index (χ3v) is 6.23.